The number of alkyl halides is 3. The van der Waals surface area contributed by atoms with E-state index in [0.717, 1.165) is 17.7 Å². The van der Waals surface area contributed by atoms with Gasteiger partial charge in [0.15, 0.2) is 12.4 Å². The Labute approximate surface area is 165 Å². The highest BCUT2D eigenvalue weighted by Gasteiger charge is 2.30. The summed E-state index contributed by atoms with van der Waals surface area (Å²) >= 11 is 0. The Morgan fingerprint density at radius 1 is 0.862 bits per heavy atom. The highest BCUT2D eigenvalue weighted by molar-refractivity contribution is 6.01. The van der Waals surface area contributed by atoms with Gasteiger partial charge in [-0.1, -0.05) is 60.2 Å². The van der Waals surface area contributed by atoms with Gasteiger partial charge < -0.3 is 4.74 Å². The third kappa shape index (κ3) is 4.90. The maximum Gasteiger partial charge on any atom is 0.416 e. The Morgan fingerprint density at radius 3 is 2.10 bits per heavy atom. The van der Waals surface area contributed by atoms with E-state index in [0.29, 0.717) is 16.7 Å². The van der Waals surface area contributed by atoms with Gasteiger partial charge in [-0.3, -0.25) is 4.79 Å². The summed E-state index contributed by atoms with van der Waals surface area (Å²) in [6.07, 6.45) is -4.44. The first-order valence-electron chi connectivity index (χ1n) is 8.79. The second-order valence-corrected chi connectivity index (χ2v) is 6.49. The van der Waals surface area contributed by atoms with Crippen LogP contribution in [0.3, 0.4) is 0 Å². The number of ketones is 1. The second kappa shape index (κ2) is 8.31. The largest absolute Gasteiger partial charge is 0.454 e. The molecule has 0 heterocycles. The maximum atomic E-state index is 12.8. The lowest BCUT2D eigenvalue weighted by molar-refractivity contribution is -0.137. The standard InChI is InChI=1S/C23H17F3O3/c1-15-6-8-17(9-7-15)21(27)14-29-22(28)20-5-3-2-4-19(20)16-10-12-18(13-11-16)23(24,25)26/h2-13H,14H2,1H3. The molecule has 0 bridgehead atoms. The number of aryl methyl sites for hydroxylation is 1. The molecule has 0 saturated carbocycles. The predicted octanol–water partition coefficient (Wildman–Crippen LogP) is 5.72. The van der Waals surface area contributed by atoms with Crippen LogP contribution in [-0.4, -0.2) is 18.4 Å². The van der Waals surface area contributed by atoms with Gasteiger partial charge in [0.05, 0.1) is 11.1 Å². The van der Waals surface area contributed by atoms with Crippen LogP contribution in [0.2, 0.25) is 0 Å². The van der Waals surface area contributed by atoms with Crippen molar-refractivity contribution < 1.29 is 27.5 Å². The molecule has 3 rings (SSSR count). The molecule has 6 heteroatoms. The minimum Gasteiger partial charge on any atom is -0.454 e. The van der Waals surface area contributed by atoms with E-state index in [1.165, 1.54) is 18.2 Å². The number of benzene rings is 3. The summed E-state index contributed by atoms with van der Waals surface area (Å²) in [4.78, 5) is 24.7. The first-order chi connectivity index (χ1) is 13.8. The number of esters is 1. The van der Waals surface area contributed by atoms with E-state index in [2.05, 4.69) is 0 Å². The van der Waals surface area contributed by atoms with E-state index in [1.54, 1.807) is 42.5 Å². The molecule has 0 aliphatic heterocycles. The third-order valence-electron chi connectivity index (χ3n) is 4.38. The number of carbonyl (C=O) groups excluding carboxylic acids is 2. The van der Waals surface area contributed by atoms with Gasteiger partial charge in [0.25, 0.3) is 0 Å². The molecule has 3 aromatic carbocycles. The summed E-state index contributed by atoms with van der Waals surface area (Å²) in [7, 11) is 0. The molecule has 0 N–H and O–H groups in total. The van der Waals surface area contributed by atoms with Gasteiger partial charge in [-0.15, -0.1) is 0 Å². The van der Waals surface area contributed by atoms with Crippen molar-refractivity contribution in [3.05, 3.63) is 95.1 Å². The van der Waals surface area contributed by atoms with Crippen molar-refractivity contribution in [1.82, 2.24) is 0 Å². The Hall–Kier alpha value is -3.41. The molecule has 0 aliphatic rings. The number of rotatable bonds is 5. The summed E-state index contributed by atoms with van der Waals surface area (Å²) in [6.45, 7) is 1.47. The zero-order chi connectivity index (χ0) is 21.0. The Kier molecular flexibility index (Phi) is 5.82. The van der Waals surface area contributed by atoms with Crippen LogP contribution in [0.5, 0.6) is 0 Å². The molecule has 0 saturated heterocycles. The number of hydrogen-bond acceptors (Lipinski definition) is 3. The minimum absolute atomic E-state index is 0.170. The molecule has 0 atom stereocenters. The molecule has 0 fully saturated rings. The van der Waals surface area contributed by atoms with Crippen molar-refractivity contribution in [1.29, 1.82) is 0 Å². The van der Waals surface area contributed by atoms with E-state index >= 15 is 0 Å². The zero-order valence-corrected chi connectivity index (χ0v) is 15.5. The summed E-state index contributed by atoms with van der Waals surface area (Å²) in [5.74, 6) is -1.06. The first kappa shape index (κ1) is 20.3. The number of hydrogen-bond donors (Lipinski definition) is 0. The van der Waals surface area contributed by atoms with Gasteiger partial charge in [0.1, 0.15) is 0 Å². The number of carbonyl (C=O) groups is 2. The van der Waals surface area contributed by atoms with Crippen LogP contribution in [0, 0.1) is 6.92 Å². The fraction of sp³-hybridized carbons (Fsp3) is 0.130. The van der Waals surface area contributed by atoms with Crippen LogP contribution < -0.4 is 0 Å². The molecule has 0 unspecified atom stereocenters. The van der Waals surface area contributed by atoms with E-state index in [-0.39, 0.29) is 11.3 Å². The van der Waals surface area contributed by atoms with E-state index in [4.69, 9.17) is 4.74 Å². The second-order valence-electron chi connectivity index (χ2n) is 6.49. The van der Waals surface area contributed by atoms with Crippen molar-refractivity contribution in [2.75, 3.05) is 6.61 Å². The molecular weight excluding hydrogens is 381 g/mol. The topological polar surface area (TPSA) is 43.4 Å². The third-order valence-corrected chi connectivity index (χ3v) is 4.38. The van der Waals surface area contributed by atoms with Gasteiger partial charge in [-0.2, -0.15) is 13.2 Å². The monoisotopic (exact) mass is 398 g/mol. The summed E-state index contributed by atoms with van der Waals surface area (Å²) < 4.78 is 43.4. The van der Waals surface area contributed by atoms with Crippen molar-refractivity contribution in [3.63, 3.8) is 0 Å². The fourth-order valence-electron chi connectivity index (χ4n) is 2.78. The van der Waals surface area contributed by atoms with Crippen molar-refractivity contribution >= 4 is 11.8 Å². The predicted molar refractivity (Wildman–Crippen MR) is 103 cm³/mol. The zero-order valence-electron chi connectivity index (χ0n) is 15.5. The smallest absolute Gasteiger partial charge is 0.416 e. The van der Waals surface area contributed by atoms with Crippen LogP contribution in [0.1, 0.15) is 31.8 Å². The Bertz CT molecular complexity index is 1020. The average Bonchev–Trinajstić information content (AvgIpc) is 2.72. The van der Waals surface area contributed by atoms with Crippen LogP contribution in [0.15, 0.2) is 72.8 Å². The quantitative estimate of drug-likeness (QED) is 0.408. The SMILES string of the molecule is Cc1ccc(C(=O)COC(=O)c2ccccc2-c2ccc(C(F)(F)F)cc2)cc1. The molecule has 29 heavy (non-hydrogen) atoms. The molecule has 0 radical (unpaired) electrons. The van der Waals surface area contributed by atoms with E-state index < -0.39 is 24.3 Å². The Morgan fingerprint density at radius 2 is 1.48 bits per heavy atom. The minimum atomic E-state index is -4.44. The van der Waals surface area contributed by atoms with Gasteiger partial charge in [-0.05, 0) is 36.2 Å². The summed E-state index contributed by atoms with van der Waals surface area (Å²) in [5.41, 5.74) is 1.70. The van der Waals surface area contributed by atoms with Gasteiger partial charge in [0, 0.05) is 5.56 Å². The van der Waals surface area contributed by atoms with Crippen LogP contribution in [0.4, 0.5) is 13.2 Å². The van der Waals surface area contributed by atoms with E-state index in [9.17, 15) is 22.8 Å². The number of halogens is 3. The molecule has 3 nitrogen and oxygen atoms in total. The highest BCUT2D eigenvalue weighted by Crippen LogP contribution is 2.32. The lowest BCUT2D eigenvalue weighted by Crippen LogP contribution is -2.15. The Balaban J connectivity index is 1.76. The summed E-state index contributed by atoms with van der Waals surface area (Å²) in [6, 6.07) is 17.8. The molecule has 0 aliphatic carbocycles. The molecular formula is C23H17F3O3. The number of Topliss-reactive ketones (excluding diaryl/α,β-unsaturated/α-hetero) is 1. The van der Waals surface area contributed by atoms with Crippen LogP contribution >= 0.6 is 0 Å². The summed E-state index contributed by atoms with van der Waals surface area (Å²) in [5, 5.41) is 0. The van der Waals surface area contributed by atoms with E-state index in [1.807, 2.05) is 6.92 Å². The highest BCUT2D eigenvalue weighted by atomic mass is 19.4. The van der Waals surface area contributed by atoms with Gasteiger partial charge in [0.2, 0.25) is 0 Å². The molecule has 0 spiro atoms. The maximum absolute atomic E-state index is 12.8. The average molecular weight is 398 g/mol. The van der Waals surface area contributed by atoms with Gasteiger partial charge >= 0.3 is 12.1 Å². The van der Waals surface area contributed by atoms with Crippen LogP contribution in [-0.2, 0) is 10.9 Å². The van der Waals surface area contributed by atoms with Crippen LogP contribution in [0.25, 0.3) is 11.1 Å². The first-order valence-corrected chi connectivity index (χ1v) is 8.79. The van der Waals surface area contributed by atoms with Crippen molar-refractivity contribution in [2.24, 2.45) is 0 Å². The van der Waals surface area contributed by atoms with Crippen molar-refractivity contribution in [2.45, 2.75) is 13.1 Å². The number of ether oxygens (including phenoxy) is 1. The van der Waals surface area contributed by atoms with Gasteiger partial charge in [-0.25, -0.2) is 4.79 Å². The lowest BCUT2D eigenvalue weighted by atomic mass is 9.98. The molecule has 148 valence electrons. The lowest BCUT2D eigenvalue weighted by Gasteiger charge is -2.11. The van der Waals surface area contributed by atoms with Crippen molar-refractivity contribution in [3.8, 4) is 11.1 Å². The molecule has 0 aromatic heterocycles. The molecule has 0 amide bonds. The normalized spacial score (nSPS) is 11.2. The fourth-order valence-corrected chi connectivity index (χ4v) is 2.78. The molecule has 3 aromatic rings.